The molecular weight excluding hydrogens is 588 g/mol. The lowest BCUT2D eigenvalue weighted by Gasteiger charge is -2.21. The first-order valence-corrected chi connectivity index (χ1v) is 17.0. The van der Waals surface area contributed by atoms with Crippen LogP contribution in [0, 0.1) is 0 Å². The predicted molar refractivity (Wildman–Crippen MR) is 169 cm³/mol. The lowest BCUT2D eigenvalue weighted by atomic mass is 10.1. The Morgan fingerprint density at radius 2 is 1.51 bits per heavy atom. The first kappa shape index (κ1) is 29.6. The number of hydrogen-bond donors (Lipinski definition) is 3. The van der Waals surface area contributed by atoms with Gasteiger partial charge in [-0.15, -0.1) is 0 Å². The fourth-order valence-corrected chi connectivity index (χ4v) is 6.84. The van der Waals surface area contributed by atoms with Crippen molar-refractivity contribution in [1.29, 1.82) is 0 Å². The average molecular weight is 625 g/mol. The molecule has 11 nitrogen and oxygen atoms in total. The number of amides is 1. The summed E-state index contributed by atoms with van der Waals surface area (Å²) in [5.41, 5.74) is 1.81. The van der Waals surface area contributed by atoms with E-state index >= 15 is 0 Å². The zero-order valence-corrected chi connectivity index (χ0v) is 25.6. The number of aromatic nitrogens is 3. The van der Waals surface area contributed by atoms with E-state index in [-0.39, 0.29) is 16.9 Å². The molecule has 13 heteroatoms. The van der Waals surface area contributed by atoms with Crippen LogP contribution < -0.4 is 20.3 Å². The maximum absolute atomic E-state index is 12.7. The van der Waals surface area contributed by atoms with Crippen LogP contribution in [0.15, 0.2) is 48.5 Å². The summed E-state index contributed by atoms with van der Waals surface area (Å²) in [6, 6.07) is 14.4. The van der Waals surface area contributed by atoms with E-state index in [1.54, 1.807) is 24.3 Å². The second kappa shape index (κ2) is 12.6. The lowest BCUT2D eigenvalue weighted by molar-refractivity contribution is 0.0981. The monoisotopic (exact) mass is 624 g/mol. The average Bonchev–Trinajstić information content (AvgIpc) is 3.35. The summed E-state index contributed by atoms with van der Waals surface area (Å²) in [4.78, 5) is 31.2. The molecule has 43 heavy (non-hydrogen) atoms. The minimum Gasteiger partial charge on any atom is -0.345 e. The molecule has 3 aliphatic rings. The van der Waals surface area contributed by atoms with Gasteiger partial charge in [-0.05, 0) is 107 Å². The van der Waals surface area contributed by atoms with Gasteiger partial charge in [0.15, 0.2) is 0 Å². The molecule has 6 rings (SSSR count). The summed E-state index contributed by atoms with van der Waals surface area (Å²) >= 11 is 6.11. The topological polar surface area (TPSA) is 132 Å². The summed E-state index contributed by atoms with van der Waals surface area (Å²) in [7, 11) is -3.72. The normalized spacial score (nSPS) is 18.0. The van der Waals surface area contributed by atoms with E-state index in [1.807, 2.05) is 24.3 Å². The van der Waals surface area contributed by atoms with Crippen LogP contribution in [-0.4, -0.2) is 72.7 Å². The zero-order valence-electron chi connectivity index (χ0n) is 24.1. The van der Waals surface area contributed by atoms with Crippen LogP contribution in [0.2, 0.25) is 5.02 Å². The van der Waals surface area contributed by atoms with Gasteiger partial charge in [-0.25, -0.2) is 13.1 Å². The minimum absolute atomic E-state index is 0.0801. The van der Waals surface area contributed by atoms with Gasteiger partial charge < -0.3 is 20.4 Å². The standard InChI is InChI=1S/C30H37ClN8O3S/c31-24-10-8-23(9-11-24)30(14-15-30)36-28-33-27(34-29(35-28)39-19-3-4-20-39)32-25-12-6-22(7-13-25)26(40)37-43(41,42)21-5-18-38-16-1-2-17-38/h6-13H,1-5,14-21H2,(H,37,40)(H2,32,33,34,35,36). The van der Waals surface area contributed by atoms with Crippen LogP contribution in [0.1, 0.15) is 60.9 Å². The van der Waals surface area contributed by atoms with E-state index < -0.39 is 15.9 Å². The number of rotatable bonds is 12. The van der Waals surface area contributed by atoms with Crippen molar-refractivity contribution in [3.8, 4) is 0 Å². The van der Waals surface area contributed by atoms with Crippen LogP contribution in [0.5, 0.6) is 0 Å². The Kier molecular flexibility index (Phi) is 8.69. The van der Waals surface area contributed by atoms with Crippen molar-refractivity contribution in [1.82, 2.24) is 24.6 Å². The smallest absolute Gasteiger partial charge is 0.264 e. The third-order valence-corrected chi connectivity index (χ3v) is 9.82. The molecule has 228 valence electrons. The third-order valence-electron chi connectivity index (χ3n) is 8.25. The summed E-state index contributed by atoms with van der Waals surface area (Å²) in [6.07, 6.45) is 6.90. The van der Waals surface area contributed by atoms with Gasteiger partial charge in [0.05, 0.1) is 11.3 Å². The number of anilines is 4. The third kappa shape index (κ3) is 7.54. The molecule has 0 atom stereocenters. The number of nitrogens with zero attached hydrogens (tertiary/aromatic N) is 5. The zero-order chi connectivity index (χ0) is 29.9. The number of halogens is 1. The highest BCUT2D eigenvalue weighted by atomic mass is 35.5. The van der Waals surface area contributed by atoms with Crippen LogP contribution in [-0.2, 0) is 15.6 Å². The summed E-state index contributed by atoms with van der Waals surface area (Å²) in [5, 5.41) is 7.47. The highest BCUT2D eigenvalue weighted by Crippen LogP contribution is 2.48. The first-order valence-electron chi connectivity index (χ1n) is 15.0. The predicted octanol–water partition coefficient (Wildman–Crippen LogP) is 4.52. The van der Waals surface area contributed by atoms with Crippen LogP contribution in [0.4, 0.5) is 23.5 Å². The number of nitrogens with one attached hydrogen (secondary N) is 3. The molecule has 2 saturated heterocycles. The molecule has 1 saturated carbocycles. The van der Waals surface area contributed by atoms with E-state index in [0.29, 0.717) is 35.0 Å². The SMILES string of the molecule is O=C(NS(=O)(=O)CCCN1CCCC1)c1ccc(Nc2nc(NC3(c4ccc(Cl)cc4)CC3)nc(N3CCCC3)n2)cc1. The number of hydrogen-bond acceptors (Lipinski definition) is 10. The van der Waals surface area contributed by atoms with E-state index in [0.717, 1.165) is 76.8 Å². The van der Waals surface area contributed by atoms with E-state index in [9.17, 15) is 13.2 Å². The van der Waals surface area contributed by atoms with Gasteiger partial charge in [-0.3, -0.25) is 4.79 Å². The van der Waals surface area contributed by atoms with Gasteiger partial charge >= 0.3 is 0 Å². The molecule has 1 aromatic heterocycles. The van der Waals surface area contributed by atoms with Gasteiger partial charge in [0.25, 0.3) is 5.91 Å². The molecule has 3 N–H and O–H groups in total. The molecule has 1 aliphatic carbocycles. The van der Waals surface area contributed by atoms with E-state index in [2.05, 4.69) is 35.1 Å². The lowest BCUT2D eigenvalue weighted by Crippen LogP contribution is -2.33. The highest BCUT2D eigenvalue weighted by molar-refractivity contribution is 7.90. The van der Waals surface area contributed by atoms with Gasteiger partial charge in [-0.2, -0.15) is 15.0 Å². The van der Waals surface area contributed by atoms with Crippen LogP contribution in [0.3, 0.4) is 0 Å². The number of likely N-dealkylation sites (tertiary alicyclic amines) is 1. The summed E-state index contributed by atoms with van der Waals surface area (Å²) in [5.74, 6) is 0.744. The minimum atomic E-state index is -3.72. The number of sulfonamides is 1. The first-order chi connectivity index (χ1) is 20.8. The molecule has 3 aromatic rings. The quantitative estimate of drug-likeness (QED) is 0.264. The number of carbonyl (C=O) groups excluding carboxylic acids is 1. The Balaban J connectivity index is 1.12. The molecule has 2 aromatic carbocycles. The van der Waals surface area contributed by atoms with Crippen LogP contribution in [0.25, 0.3) is 0 Å². The Hall–Kier alpha value is -3.48. The highest BCUT2D eigenvalue weighted by Gasteiger charge is 2.45. The maximum Gasteiger partial charge on any atom is 0.264 e. The largest absolute Gasteiger partial charge is 0.345 e. The van der Waals surface area contributed by atoms with E-state index in [1.165, 1.54) is 0 Å². The van der Waals surface area contributed by atoms with Crippen molar-refractivity contribution >= 4 is 51.1 Å². The van der Waals surface area contributed by atoms with Gasteiger partial charge in [0.2, 0.25) is 27.9 Å². The Morgan fingerprint density at radius 1 is 0.860 bits per heavy atom. The van der Waals surface area contributed by atoms with Crippen molar-refractivity contribution in [3.63, 3.8) is 0 Å². The maximum atomic E-state index is 12.7. The van der Waals surface area contributed by atoms with Crippen molar-refractivity contribution < 1.29 is 13.2 Å². The fourth-order valence-electron chi connectivity index (χ4n) is 5.70. The Bertz CT molecular complexity index is 1540. The van der Waals surface area contributed by atoms with Crippen molar-refractivity contribution in [3.05, 3.63) is 64.7 Å². The molecule has 3 fully saturated rings. The molecule has 1 amide bonds. The number of carbonyl (C=O) groups is 1. The molecule has 3 heterocycles. The summed E-state index contributed by atoms with van der Waals surface area (Å²) < 4.78 is 27.2. The molecule has 0 radical (unpaired) electrons. The molecule has 0 spiro atoms. The van der Waals surface area contributed by atoms with Crippen molar-refractivity contribution in [2.45, 2.75) is 50.5 Å². The molecule has 0 bridgehead atoms. The Labute approximate surface area is 257 Å². The Morgan fingerprint density at radius 3 is 2.19 bits per heavy atom. The number of benzene rings is 2. The van der Waals surface area contributed by atoms with Gasteiger partial charge in [0.1, 0.15) is 0 Å². The second-order valence-electron chi connectivity index (χ2n) is 11.5. The molecular formula is C30H37ClN8O3S. The van der Waals surface area contributed by atoms with Crippen molar-refractivity contribution in [2.24, 2.45) is 0 Å². The van der Waals surface area contributed by atoms with Crippen LogP contribution >= 0.6 is 11.6 Å². The van der Waals surface area contributed by atoms with Gasteiger partial charge in [0, 0.05) is 29.4 Å². The van der Waals surface area contributed by atoms with E-state index in [4.69, 9.17) is 16.6 Å². The van der Waals surface area contributed by atoms with Gasteiger partial charge in [-0.1, -0.05) is 23.7 Å². The summed E-state index contributed by atoms with van der Waals surface area (Å²) in [6.45, 7) is 4.52. The fraction of sp³-hybridized carbons (Fsp3) is 0.467. The van der Waals surface area contributed by atoms with Crippen molar-refractivity contribution in [2.75, 3.05) is 54.0 Å². The molecule has 2 aliphatic heterocycles. The molecule has 0 unspecified atom stereocenters. The second-order valence-corrected chi connectivity index (χ2v) is 13.8.